The Morgan fingerprint density at radius 3 is 1.35 bits per heavy atom. The van der Waals surface area contributed by atoms with Crippen LogP contribution in [0.1, 0.15) is 0 Å². The van der Waals surface area contributed by atoms with Gasteiger partial charge in [-0.05, 0) is 0 Å². The van der Waals surface area contributed by atoms with E-state index in [9.17, 15) is 25.0 Å². The highest BCUT2D eigenvalue weighted by Gasteiger charge is 2.56. The van der Waals surface area contributed by atoms with E-state index < -0.39 is 71.9 Å². The average Bonchev–Trinajstić information content (AvgIpc) is 2.89. The lowest BCUT2D eigenvalue weighted by Gasteiger charge is -2.25. The zero-order chi connectivity index (χ0) is 15.0. The molecule has 2 saturated heterocycles. The van der Waals surface area contributed by atoms with Gasteiger partial charge in [-0.1, -0.05) is 0 Å². The molecule has 0 saturated carbocycles. The maximum atomic E-state index is 12.2. The molecule has 20 heavy (non-hydrogen) atoms. The normalized spacial score (nSPS) is 50.5. The molecule has 2 aliphatic rings. The van der Waals surface area contributed by atoms with Gasteiger partial charge in [0.25, 0.3) is 0 Å². The van der Waals surface area contributed by atoms with Crippen molar-refractivity contribution < 1.29 is 44.7 Å². The molecule has 8 atom stereocenters. The Morgan fingerprint density at radius 2 is 1.10 bits per heavy atom. The van der Waals surface area contributed by atoms with Crippen molar-refractivity contribution in [2.75, 3.05) is 13.2 Å². The quantitative estimate of drug-likeness (QED) is 0.281. The van der Waals surface area contributed by atoms with Gasteiger partial charge in [0.1, 0.15) is 24.4 Å². The number of aliphatic hydroxyl groups excluding tert-OH is 6. The predicted octanol–water partition coefficient (Wildman–Crippen LogP) is -4.39. The summed E-state index contributed by atoms with van der Waals surface area (Å²) in [7, 11) is 0. The van der Waals surface area contributed by atoms with Gasteiger partial charge in [-0.25, -0.2) is 0 Å². The Kier molecular flexibility index (Phi) is 5.24. The molecule has 10 heteroatoms. The maximum Gasteiger partial charge on any atom is 0.247 e. The minimum absolute atomic E-state index is 0.568. The van der Waals surface area contributed by atoms with Gasteiger partial charge < -0.3 is 44.7 Å². The van der Waals surface area contributed by atoms with Crippen molar-refractivity contribution in [3.8, 4) is 0 Å². The van der Waals surface area contributed by atoms with Gasteiger partial charge in [-0.15, -0.1) is 0 Å². The molecule has 2 fully saturated rings. The highest BCUT2D eigenvalue weighted by molar-refractivity contribution is 7.92. The fourth-order valence-electron chi connectivity index (χ4n) is 2.25. The molecule has 0 bridgehead atoms. The summed E-state index contributed by atoms with van der Waals surface area (Å²) in [4.78, 5) is 0. The smallest absolute Gasteiger partial charge is 0.247 e. The fraction of sp³-hybridized carbons (Fsp3) is 1.00. The zero-order valence-electron chi connectivity index (χ0n) is 10.3. The molecule has 118 valence electrons. The van der Waals surface area contributed by atoms with E-state index >= 15 is 0 Å². The molecule has 0 spiro atoms. The molecule has 2 heterocycles. The van der Waals surface area contributed by atoms with Crippen molar-refractivity contribution in [3.63, 3.8) is 0 Å². The van der Waals surface area contributed by atoms with Crippen LogP contribution in [0.4, 0.5) is 0 Å². The highest BCUT2D eigenvalue weighted by Crippen LogP contribution is 2.33. The van der Waals surface area contributed by atoms with Crippen molar-refractivity contribution in [2.24, 2.45) is 0 Å². The molecule has 0 aromatic rings. The number of aliphatic hydroxyl groups is 6. The van der Waals surface area contributed by atoms with Crippen LogP contribution in [0, 0.1) is 0 Å². The molecule has 0 radical (unpaired) electrons. The van der Waals surface area contributed by atoms with Crippen molar-refractivity contribution in [1.29, 1.82) is 0 Å². The summed E-state index contributed by atoms with van der Waals surface area (Å²) in [5.74, 6) is 0. The molecular weight excluding hydrogens is 296 g/mol. The lowest BCUT2D eigenvalue weighted by molar-refractivity contribution is -0.0134. The molecular formula is C10H18O9S. The highest BCUT2D eigenvalue weighted by atomic mass is 32.2. The summed E-state index contributed by atoms with van der Waals surface area (Å²) in [6.07, 6.45) is -8.03. The largest absolute Gasteiger partial charge is 0.612 e. The Hall–Kier alpha value is -0.0100. The monoisotopic (exact) mass is 314 g/mol. The predicted molar refractivity (Wildman–Crippen MR) is 63.7 cm³/mol. The topological polar surface area (TPSA) is 163 Å². The van der Waals surface area contributed by atoms with Crippen LogP contribution in [0.15, 0.2) is 0 Å². The van der Waals surface area contributed by atoms with Crippen molar-refractivity contribution in [1.82, 2.24) is 0 Å². The summed E-state index contributed by atoms with van der Waals surface area (Å²) >= 11 is -2.10. The van der Waals surface area contributed by atoms with E-state index in [-0.39, 0.29) is 0 Å². The lowest BCUT2D eigenvalue weighted by Crippen LogP contribution is -2.45. The van der Waals surface area contributed by atoms with Crippen LogP contribution in [0.2, 0.25) is 0 Å². The van der Waals surface area contributed by atoms with Crippen LogP contribution in [-0.2, 0) is 20.6 Å². The summed E-state index contributed by atoms with van der Waals surface area (Å²) in [5.41, 5.74) is -2.74. The number of hydrogen-bond donors (Lipinski definition) is 6. The Labute approximate surface area is 117 Å². The van der Waals surface area contributed by atoms with Crippen LogP contribution in [-0.4, -0.2) is 95.9 Å². The van der Waals surface area contributed by atoms with Gasteiger partial charge in [0.15, 0.2) is 12.2 Å². The molecule has 0 amide bonds. The Morgan fingerprint density at radius 1 is 0.750 bits per heavy atom. The minimum atomic E-state index is -2.10. The molecule has 2 aliphatic heterocycles. The van der Waals surface area contributed by atoms with Crippen LogP contribution in [0.25, 0.3) is 0 Å². The number of ether oxygens (including phenoxy) is 2. The third-order valence-electron chi connectivity index (χ3n) is 3.46. The van der Waals surface area contributed by atoms with E-state index in [1.807, 2.05) is 0 Å². The fourth-order valence-corrected chi connectivity index (χ4v) is 3.89. The van der Waals surface area contributed by atoms with Crippen LogP contribution in [0.3, 0.4) is 0 Å². The third kappa shape index (κ3) is 2.68. The second kappa shape index (κ2) is 6.40. The number of hydrogen-bond acceptors (Lipinski definition) is 9. The number of rotatable bonds is 4. The second-order valence-corrected chi connectivity index (χ2v) is 6.33. The Bertz CT molecular complexity index is 302. The van der Waals surface area contributed by atoms with E-state index in [4.69, 9.17) is 19.7 Å². The molecule has 6 N–H and O–H groups in total. The van der Waals surface area contributed by atoms with Crippen molar-refractivity contribution in [2.45, 2.75) is 47.5 Å². The van der Waals surface area contributed by atoms with Crippen molar-refractivity contribution >= 4 is 11.2 Å². The zero-order valence-corrected chi connectivity index (χ0v) is 11.2. The molecule has 0 aromatic carbocycles. The first-order chi connectivity index (χ1) is 9.42. The summed E-state index contributed by atoms with van der Waals surface area (Å²) in [6.45, 7) is -1.14. The molecule has 2 unspecified atom stereocenters. The standard InChI is InChI=1S/C10H18O9S/c11-1-3-5(13)7(15)9(18-3)20(17)10-8(16)6(14)4(2-12)19-10/h3-16H,1-2H2/t3-,4-,5-,6-,7+,8+,9?,10?,20?/m1/s1. The van der Waals surface area contributed by atoms with Crippen molar-refractivity contribution in [3.05, 3.63) is 0 Å². The molecule has 0 aliphatic carbocycles. The van der Waals surface area contributed by atoms with Crippen LogP contribution < -0.4 is 0 Å². The van der Waals surface area contributed by atoms with Crippen LogP contribution >= 0.6 is 0 Å². The molecule has 9 nitrogen and oxygen atoms in total. The van der Waals surface area contributed by atoms with E-state index in [1.54, 1.807) is 0 Å². The van der Waals surface area contributed by atoms with E-state index in [0.717, 1.165) is 0 Å². The minimum Gasteiger partial charge on any atom is -0.612 e. The first-order valence-electron chi connectivity index (χ1n) is 6.06. The van der Waals surface area contributed by atoms with Gasteiger partial charge in [0, 0.05) is 11.2 Å². The van der Waals surface area contributed by atoms with Gasteiger partial charge in [-0.3, -0.25) is 0 Å². The third-order valence-corrected chi connectivity index (χ3v) is 5.15. The molecule has 2 rings (SSSR count). The van der Waals surface area contributed by atoms with Gasteiger partial charge in [-0.2, -0.15) is 0 Å². The SMILES string of the molecule is [O-][S+](C1O[C@H](CO)[C@@H](O)[C@@H]1O)C1O[C@H](CO)[C@@H](O)[C@@H]1O. The average molecular weight is 314 g/mol. The van der Waals surface area contributed by atoms with E-state index in [0.29, 0.717) is 0 Å². The summed E-state index contributed by atoms with van der Waals surface area (Å²) in [5, 5.41) is 56.5. The first kappa shape index (κ1) is 16.4. The van der Waals surface area contributed by atoms with Crippen LogP contribution in [0.5, 0.6) is 0 Å². The van der Waals surface area contributed by atoms with E-state index in [1.165, 1.54) is 0 Å². The Balaban J connectivity index is 2.06. The second-order valence-electron chi connectivity index (χ2n) is 4.74. The summed E-state index contributed by atoms with van der Waals surface area (Å²) < 4.78 is 22.4. The lowest BCUT2D eigenvalue weighted by atomic mass is 10.1. The summed E-state index contributed by atoms with van der Waals surface area (Å²) in [6, 6.07) is 0. The van der Waals surface area contributed by atoms with E-state index in [2.05, 4.69) is 0 Å². The maximum absolute atomic E-state index is 12.2. The molecule has 0 aromatic heterocycles. The first-order valence-corrected chi connectivity index (χ1v) is 7.34. The van der Waals surface area contributed by atoms with Gasteiger partial charge in [0.05, 0.1) is 13.2 Å². The van der Waals surface area contributed by atoms with Gasteiger partial charge >= 0.3 is 0 Å². The van der Waals surface area contributed by atoms with Gasteiger partial charge in [0.2, 0.25) is 10.9 Å².